The number of carbonyl (C=O) groups is 1. The van der Waals surface area contributed by atoms with Crippen LogP contribution < -0.4 is 0 Å². The van der Waals surface area contributed by atoms with Crippen molar-refractivity contribution >= 4 is 5.97 Å². The van der Waals surface area contributed by atoms with Crippen molar-refractivity contribution in [3.05, 3.63) is 23.3 Å². The van der Waals surface area contributed by atoms with Gasteiger partial charge in [-0.3, -0.25) is 0 Å². The van der Waals surface area contributed by atoms with Crippen LogP contribution in [0.3, 0.4) is 0 Å². The molecule has 0 aliphatic heterocycles. The van der Waals surface area contributed by atoms with Crippen molar-refractivity contribution in [3.8, 4) is 0 Å². The van der Waals surface area contributed by atoms with Gasteiger partial charge in [0.2, 0.25) is 0 Å². The lowest BCUT2D eigenvalue weighted by molar-refractivity contribution is 0.0694. The molecule has 0 atom stereocenters. The highest BCUT2D eigenvalue weighted by Gasteiger charge is 2.13. The van der Waals surface area contributed by atoms with Crippen LogP contribution in [0.1, 0.15) is 49.1 Å². The van der Waals surface area contributed by atoms with Gasteiger partial charge in [0, 0.05) is 19.2 Å². The van der Waals surface area contributed by atoms with Crippen LogP contribution >= 0.6 is 0 Å². The Hall–Kier alpha value is -1.49. The summed E-state index contributed by atoms with van der Waals surface area (Å²) in [6.45, 7) is 9.19. The van der Waals surface area contributed by atoms with Gasteiger partial charge >= 0.3 is 5.97 Å². The molecule has 0 unspecified atom stereocenters. The Morgan fingerprint density at radius 1 is 1.26 bits per heavy atom. The van der Waals surface area contributed by atoms with E-state index >= 15 is 0 Å². The molecule has 1 aromatic rings. The zero-order valence-corrected chi connectivity index (χ0v) is 12.0. The van der Waals surface area contributed by atoms with E-state index in [2.05, 4.69) is 28.7 Å². The van der Waals surface area contributed by atoms with E-state index in [1.54, 1.807) is 0 Å². The lowest BCUT2D eigenvalue weighted by Gasteiger charge is -2.17. The molecule has 5 heteroatoms. The van der Waals surface area contributed by atoms with E-state index in [0.717, 1.165) is 38.3 Å². The number of likely N-dealkylation sites (N-methyl/N-ethyl adjacent to an activating group) is 1. The van der Waals surface area contributed by atoms with Gasteiger partial charge in [0.15, 0.2) is 0 Å². The summed E-state index contributed by atoms with van der Waals surface area (Å²) >= 11 is 0. The van der Waals surface area contributed by atoms with Gasteiger partial charge in [0.05, 0.1) is 11.3 Å². The molecule has 1 rings (SSSR count). The second-order valence-corrected chi connectivity index (χ2v) is 4.48. The molecule has 0 bridgehead atoms. The molecule has 0 spiro atoms. The number of rotatable bonds is 8. The molecule has 0 aliphatic carbocycles. The number of nitrogens with zero attached hydrogens (tertiary/aromatic N) is 3. The minimum atomic E-state index is -0.946. The fourth-order valence-corrected chi connectivity index (χ4v) is 1.98. The first kappa shape index (κ1) is 15.6. The first-order valence-corrected chi connectivity index (χ1v) is 6.92. The van der Waals surface area contributed by atoms with Crippen molar-refractivity contribution in [2.75, 3.05) is 19.6 Å². The summed E-state index contributed by atoms with van der Waals surface area (Å²) < 4.78 is 0. The molecule has 1 aromatic heterocycles. The number of carboxylic acids is 1. The van der Waals surface area contributed by atoms with Crippen LogP contribution in [0, 0.1) is 0 Å². The van der Waals surface area contributed by atoms with Crippen LogP contribution in [0.4, 0.5) is 0 Å². The Bertz CT molecular complexity index is 417. The molecule has 0 aliphatic rings. The second-order valence-electron chi connectivity index (χ2n) is 4.48. The van der Waals surface area contributed by atoms with Gasteiger partial charge < -0.3 is 10.0 Å². The Morgan fingerprint density at radius 2 is 1.95 bits per heavy atom. The third-order valence-electron chi connectivity index (χ3n) is 3.18. The summed E-state index contributed by atoms with van der Waals surface area (Å²) in [4.78, 5) is 21.9. The Morgan fingerprint density at radius 3 is 2.47 bits per heavy atom. The molecule has 0 radical (unpaired) electrons. The lowest BCUT2D eigenvalue weighted by Crippen LogP contribution is -2.26. The largest absolute Gasteiger partial charge is 0.478 e. The summed E-state index contributed by atoms with van der Waals surface area (Å²) in [7, 11) is 0. The zero-order valence-electron chi connectivity index (χ0n) is 12.0. The van der Waals surface area contributed by atoms with E-state index in [0.29, 0.717) is 12.1 Å². The van der Waals surface area contributed by atoms with E-state index in [1.165, 1.54) is 6.20 Å². The maximum Gasteiger partial charge on any atom is 0.339 e. The molecule has 5 nitrogen and oxygen atoms in total. The fraction of sp³-hybridized carbons (Fsp3) is 0.643. The molecule has 1 N–H and O–H groups in total. The van der Waals surface area contributed by atoms with Gasteiger partial charge in [-0.25, -0.2) is 14.8 Å². The van der Waals surface area contributed by atoms with E-state index in [1.807, 2.05) is 6.92 Å². The number of aromatic carboxylic acids is 1. The molecule has 0 amide bonds. The maximum absolute atomic E-state index is 11.1. The quantitative estimate of drug-likeness (QED) is 0.779. The van der Waals surface area contributed by atoms with Crippen molar-refractivity contribution in [1.29, 1.82) is 0 Å². The lowest BCUT2D eigenvalue weighted by atomic mass is 10.1. The van der Waals surface area contributed by atoms with Gasteiger partial charge in [-0.2, -0.15) is 0 Å². The van der Waals surface area contributed by atoms with Crippen LogP contribution in [-0.2, 0) is 12.8 Å². The third-order valence-corrected chi connectivity index (χ3v) is 3.18. The van der Waals surface area contributed by atoms with E-state index in [4.69, 9.17) is 5.11 Å². The summed E-state index contributed by atoms with van der Waals surface area (Å²) in [6, 6.07) is 0. The van der Waals surface area contributed by atoms with Gasteiger partial charge in [0.25, 0.3) is 0 Å². The van der Waals surface area contributed by atoms with Crippen LogP contribution in [0.5, 0.6) is 0 Å². The van der Waals surface area contributed by atoms with Crippen molar-refractivity contribution < 1.29 is 9.90 Å². The highest BCUT2D eigenvalue weighted by atomic mass is 16.4. The minimum absolute atomic E-state index is 0.230. The number of hydrogen-bond acceptors (Lipinski definition) is 4. The molecule has 106 valence electrons. The van der Waals surface area contributed by atoms with Crippen LogP contribution in [0.15, 0.2) is 6.20 Å². The smallest absolute Gasteiger partial charge is 0.339 e. The normalized spacial score (nSPS) is 10.9. The zero-order chi connectivity index (χ0) is 14.3. The molecule has 0 fully saturated rings. The summed E-state index contributed by atoms with van der Waals surface area (Å²) in [5.41, 5.74) is 0.882. The monoisotopic (exact) mass is 265 g/mol. The van der Waals surface area contributed by atoms with Crippen molar-refractivity contribution in [2.45, 2.75) is 40.0 Å². The highest BCUT2D eigenvalue weighted by molar-refractivity contribution is 5.88. The Kier molecular flexibility index (Phi) is 6.42. The van der Waals surface area contributed by atoms with Crippen LogP contribution in [-0.4, -0.2) is 45.6 Å². The first-order chi connectivity index (χ1) is 9.12. The molecular weight excluding hydrogens is 242 g/mol. The summed E-state index contributed by atoms with van der Waals surface area (Å²) in [6.07, 6.45) is 3.77. The number of aryl methyl sites for hydroxylation is 1. The predicted molar refractivity (Wildman–Crippen MR) is 74.5 cm³/mol. The average Bonchev–Trinajstić information content (AvgIpc) is 2.40. The summed E-state index contributed by atoms with van der Waals surface area (Å²) in [5, 5.41) is 9.09. The van der Waals surface area contributed by atoms with E-state index < -0.39 is 5.97 Å². The number of carboxylic acid groups (broad SMARTS) is 1. The van der Waals surface area contributed by atoms with E-state index in [9.17, 15) is 4.79 Å². The maximum atomic E-state index is 11.1. The molecule has 0 saturated heterocycles. The van der Waals surface area contributed by atoms with Crippen molar-refractivity contribution in [3.63, 3.8) is 0 Å². The predicted octanol–water partition coefficient (Wildman–Crippen LogP) is 2.01. The van der Waals surface area contributed by atoms with Gasteiger partial charge in [-0.1, -0.05) is 27.2 Å². The summed E-state index contributed by atoms with van der Waals surface area (Å²) in [5.74, 6) is -0.209. The number of hydrogen-bond donors (Lipinski definition) is 1. The van der Waals surface area contributed by atoms with Crippen LogP contribution in [0.2, 0.25) is 0 Å². The molecule has 0 saturated carbocycles. The Balaban J connectivity index is 2.80. The second kappa shape index (κ2) is 7.84. The Labute approximate surface area is 114 Å². The molecule has 1 heterocycles. The standard InChI is InChI=1S/C14H23N3O2/c1-4-7-12-11(14(18)19)10-15-13(16-12)8-9-17(5-2)6-3/h10H,4-9H2,1-3H3,(H,18,19). The molecule has 0 aromatic carbocycles. The SMILES string of the molecule is CCCc1nc(CCN(CC)CC)ncc1C(=O)O. The van der Waals surface area contributed by atoms with Crippen LogP contribution in [0.25, 0.3) is 0 Å². The first-order valence-electron chi connectivity index (χ1n) is 6.92. The molecular formula is C14H23N3O2. The topological polar surface area (TPSA) is 66.3 Å². The average molecular weight is 265 g/mol. The third kappa shape index (κ3) is 4.59. The van der Waals surface area contributed by atoms with Crippen molar-refractivity contribution in [2.24, 2.45) is 0 Å². The highest BCUT2D eigenvalue weighted by Crippen LogP contribution is 2.09. The van der Waals surface area contributed by atoms with E-state index in [-0.39, 0.29) is 5.56 Å². The fourth-order valence-electron chi connectivity index (χ4n) is 1.98. The van der Waals surface area contributed by atoms with Gasteiger partial charge in [-0.15, -0.1) is 0 Å². The van der Waals surface area contributed by atoms with Gasteiger partial charge in [-0.05, 0) is 19.5 Å². The van der Waals surface area contributed by atoms with Crippen molar-refractivity contribution in [1.82, 2.24) is 14.9 Å². The number of aromatic nitrogens is 2. The van der Waals surface area contributed by atoms with Gasteiger partial charge in [0.1, 0.15) is 5.82 Å². The molecule has 19 heavy (non-hydrogen) atoms. The minimum Gasteiger partial charge on any atom is -0.478 e.